The summed E-state index contributed by atoms with van der Waals surface area (Å²) in [4.78, 5) is 19.8. The Balaban J connectivity index is 1.56. The molecule has 4 rings (SSSR count). The van der Waals surface area contributed by atoms with Crippen LogP contribution in [0.5, 0.6) is 0 Å². The zero-order chi connectivity index (χ0) is 20.2. The second-order valence-electron chi connectivity index (χ2n) is 7.30. The van der Waals surface area contributed by atoms with Gasteiger partial charge in [-0.1, -0.05) is 30.5 Å². The van der Waals surface area contributed by atoms with Crippen LogP contribution in [-0.2, 0) is 0 Å². The highest BCUT2D eigenvalue weighted by molar-refractivity contribution is 6.30. The SMILES string of the molecule is Cc1cc(NC(=O)c2cccc(N3CCCCCC3)n2)n(-c2ccc(Cl)cc2)n1. The molecular formula is C22H24ClN5O. The van der Waals surface area contributed by atoms with Crippen LogP contribution < -0.4 is 10.2 Å². The number of amides is 1. The minimum Gasteiger partial charge on any atom is -0.357 e. The molecule has 7 heteroatoms. The van der Waals surface area contributed by atoms with Crippen LogP contribution in [0.15, 0.2) is 48.5 Å². The Hall–Kier alpha value is -2.86. The van der Waals surface area contributed by atoms with E-state index in [0.29, 0.717) is 16.5 Å². The number of halogens is 1. The van der Waals surface area contributed by atoms with Gasteiger partial charge in [-0.05, 0) is 56.2 Å². The lowest BCUT2D eigenvalue weighted by Crippen LogP contribution is -2.26. The smallest absolute Gasteiger partial charge is 0.275 e. The molecule has 0 unspecified atom stereocenters. The minimum absolute atomic E-state index is 0.253. The fourth-order valence-corrected chi connectivity index (χ4v) is 3.70. The van der Waals surface area contributed by atoms with Crippen molar-refractivity contribution in [2.24, 2.45) is 0 Å². The molecule has 1 aliphatic rings. The van der Waals surface area contributed by atoms with Crippen molar-refractivity contribution < 1.29 is 4.79 Å². The molecule has 2 aromatic heterocycles. The van der Waals surface area contributed by atoms with Crippen LogP contribution in [0.1, 0.15) is 41.9 Å². The van der Waals surface area contributed by atoms with E-state index in [1.807, 2.05) is 37.3 Å². The largest absolute Gasteiger partial charge is 0.357 e. The number of carbonyl (C=O) groups is 1. The molecule has 0 aliphatic carbocycles. The van der Waals surface area contributed by atoms with Gasteiger partial charge < -0.3 is 10.2 Å². The molecule has 1 saturated heterocycles. The molecule has 3 aromatic rings. The summed E-state index contributed by atoms with van der Waals surface area (Å²) in [5.41, 5.74) is 2.03. The highest BCUT2D eigenvalue weighted by Crippen LogP contribution is 2.21. The van der Waals surface area contributed by atoms with Crippen LogP contribution >= 0.6 is 11.6 Å². The fourth-order valence-electron chi connectivity index (χ4n) is 3.57. The summed E-state index contributed by atoms with van der Waals surface area (Å²) < 4.78 is 1.70. The molecule has 1 N–H and O–H groups in total. The first-order valence-electron chi connectivity index (χ1n) is 9.96. The molecule has 3 heterocycles. The van der Waals surface area contributed by atoms with E-state index < -0.39 is 0 Å². The van der Waals surface area contributed by atoms with E-state index in [2.05, 4.69) is 20.3 Å². The monoisotopic (exact) mass is 409 g/mol. The quantitative estimate of drug-likeness (QED) is 0.668. The van der Waals surface area contributed by atoms with Gasteiger partial charge in [0.25, 0.3) is 5.91 Å². The minimum atomic E-state index is -0.253. The standard InChI is InChI=1S/C22H24ClN5O/c1-16-15-21(28(26-16)18-11-9-17(23)10-12-18)25-22(29)19-7-6-8-20(24-19)27-13-4-2-3-5-14-27/h6-12,15H,2-5,13-14H2,1H3,(H,25,29). The number of benzene rings is 1. The zero-order valence-electron chi connectivity index (χ0n) is 16.4. The predicted molar refractivity (Wildman–Crippen MR) is 116 cm³/mol. The Morgan fingerprint density at radius 1 is 1.03 bits per heavy atom. The molecule has 1 fully saturated rings. The molecule has 0 radical (unpaired) electrons. The van der Waals surface area contributed by atoms with Crippen molar-refractivity contribution in [3.63, 3.8) is 0 Å². The number of hydrogen-bond acceptors (Lipinski definition) is 4. The molecule has 6 nitrogen and oxygen atoms in total. The Labute approximate surface area is 175 Å². The maximum absolute atomic E-state index is 12.9. The normalized spacial score (nSPS) is 14.5. The number of hydrogen-bond donors (Lipinski definition) is 1. The van der Waals surface area contributed by atoms with Crippen molar-refractivity contribution in [1.29, 1.82) is 0 Å². The van der Waals surface area contributed by atoms with Gasteiger partial charge in [-0.3, -0.25) is 4.79 Å². The van der Waals surface area contributed by atoms with Gasteiger partial charge in [0.2, 0.25) is 0 Å². The van der Waals surface area contributed by atoms with Crippen molar-refractivity contribution in [3.05, 3.63) is 64.9 Å². The van der Waals surface area contributed by atoms with Gasteiger partial charge in [-0.25, -0.2) is 9.67 Å². The van der Waals surface area contributed by atoms with Gasteiger partial charge in [0.05, 0.1) is 11.4 Å². The third kappa shape index (κ3) is 4.59. The molecular weight excluding hydrogens is 386 g/mol. The van der Waals surface area contributed by atoms with E-state index in [1.165, 1.54) is 12.8 Å². The lowest BCUT2D eigenvalue weighted by molar-refractivity contribution is 0.102. The molecule has 0 bridgehead atoms. The number of carbonyl (C=O) groups excluding carboxylic acids is 1. The van der Waals surface area contributed by atoms with Gasteiger partial charge in [-0.15, -0.1) is 0 Å². The number of nitrogens with zero attached hydrogens (tertiary/aromatic N) is 4. The van der Waals surface area contributed by atoms with Crippen molar-refractivity contribution in [2.75, 3.05) is 23.3 Å². The van der Waals surface area contributed by atoms with Gasteiger partial charge in [0, 0.05) is 24.2 Å². The maximum Gasteiger partial charge on any atom is 0.275 e. The van der Waals surface area contributed by atoms with Crippen molar-refractivity contribution in [2.45, 2.75) is 32.6 Å². The summed E-state index contributed by atoms with van der Waals surface area (Å²) in [5, 5.41) is 8.09. The molecule has 0 atom stereocenters. The molecule has 1 amide bonds. The molecule has 1 aromatic carbocycles. The van der Waals surface area contributed by atoms with Gasteiger partial charge in [0.15, 0.2) is 0 Å². The zero-order valence-corrected chi connectivity index (χ0v) is 17.2. The first-order valence-corrected chi connectivity index (χ1v) is 10.3. The van der Waals surface area contributed by atoms with Crippen LogP contribution in [-0.4, -0.2) is 33.8 Å². The molecule has 0 spiro atoms. The third-order valence-corrected chi connectivity index (χ3v) is 5.29. The number of pyridine rings is 1. The van der Waals surface area contributed by atoms with Crippen LogP contribution in [0.4, 0.5) is 11.6 Å². The number of aromatic nitrogens is 3. The van der Waals surface area contributed by atoms with E-state index in [9.17, 15) is 4.79 Å². The van der Waals surface area contributed by atoms with Crippen LogP contribution in [0.3, 0.4) is 0 Å². The molecule has 1 aliphatic heterocycles. The average molecular weight is 410 g/mol. The Bertz CT molecular complexity index is 991. The highest BCUT2D eigenvalue weighted by atomic mass is 35.5. The summed E-state index contributed by atoms with van der Waals surface area (Å²) in [5.74, 6) is 1.20. The summed E-state index contributed by atoms with van der Waals surface area (Å²) in [6.45, 7) is 3.86. The Kier molecular flexibility index (Phi) is 5.81. The summed E-state index contributed by atoms with van der Waals surface area (Å²) in [6, 6.07) is 14.8. The van der Waals surface area contributed by atoms with Crippen molar-refractivity contribution in [3.8, 4) is 5.69 Å². The summed E-state index contributed by atoms with van der Waals surface area (Å²) >= 11 is 5.99. The average Bonchev–Trinajstić information content (AvgIpc) is 2.93. The molecule has 0 saturated carbocycles. The first-order chi connectivity index (χ1) is 14.1. The Morgan fingerprint density at radius 2 is 1.76 bits per heavy atom. The Morgan fingerprint density at radius 3 is 2.48 bits per heavy atom. The van der Waals surface area contributed by atoms with Crippen LogP contribution in [0, 0.1) is 6.92 Å². The summed E-state index contributed by atoms with van der Waals surface area (Å²) in [6.07, 6.45) is 4.84. The topological polar surface area (TPSA) is 63.1 Å². The van der Waals surface area contributed by atoms with Crippen LogP contribution in [0.2, 0.25) is 5.02 Å². The van der Waals surface area contributed by atoms with E-state index in [0.717, 1.165) is 43.1 Å². The number of rotatable bonds is 4. The summed E-state index contributed by atoms with van der Waals surface area (Å²) in [7, 11) is 0. The highest BCUT2D eigenvalue weighted by Gasteiger charge is 2.16. The number of nitrogens with one attached hydrogen (secondary N) is 1. The maximum atomic E-state index is 12.9. The van der Waals surface area contributed by atoms with E-state index >= 15 is 0 Å². The van der Waals surface area contributed by atoms with Crippen molar-refractivity contribution in [1.82, 2.24) is 14.8 Å². The van der Waals surface area contributed by atoms with E-state index in [1.54, 1.807) is 22.9 Å². The number of aryl methyl sites for hydroxylation is 1. The van der Waals surface area contributed by atoms with Gasteiger partial charge in [-0.2, -0.15) is 5.10 Å². The second kappa shape index (κ2) is 8.66. The van der Waals surface area contributed by atoms with E-state index in [-0.39, 0.29) is 5.91 Å². The lowest BCUT2D eigenvalue weighted by atomic mass is 10.2. The van der Waals surface area contributed by atoms with Gasteiger partial charge >= 0.3 is 0 Å². The van der Waals surface area contributed by atoms with Crippen molar-refractivity contribution >= 4 is 29.1 Å². The number of anilines is 2. The van der Waals surface area contributed by atoms with Crippen LogP contribution in [0.25, 0.3) is 5.69 Å². The lowest BCUT2D eigenvalue weighted by Gasteiger charge is -2.21. The van der Waals surface area contributed by atoms with E-state index in [4.69, 9.17) is 11.6 Å². The van der Waals surface area contributed by atoms with Gasteiger partial charge in [0.1, 0.15) is 17.3 Å². The predicted octanol–water partition coefficient (Wildman–Crippen LogP) is 4.86. The fraction of sp³-hybridized carbons (Fsp3) is 0.318. The third-order valence-electron chi connectivity index (χ3n) is 5.04. The second-order valence-corrected chi connectivity index (χ2v) is 7.73. The molecule has 150 valence electrons. The first kappa shape index (κ1) is 19.5. The molecule has 29 heavy (non-hydrogen) atoms.